The predicted octanol–water partition coefficient (Wildman–Crippen LogP) is 2.13. The topological polar surface area (TPSA) is 26.7 Å². The quantitative estimate of drug-likeness (QED) is 0.900. The molecule has 2 heterocycles. The fourth-order valence-electron chi connectivity index (χ4n) is 3.52. The van der Waals surface area contributed by atoms with Crippen LogP contribution in [-0.4, -0.2) is 42.2 Å². The molecule has 0 amide bonds. The third kappa shape index (κ3) is 2.29. The molecule has 2 fully saturated rings. The van der Waals surface area contributed by atoms with Crippen LogP contribution in [0.2, 0.25) is 0 Å². The van der Waals surface area contributed by atoms with Crippen molar-refractivity contribution in [3.8, 4) is 0 Å². The number of anilines is 1. The first-order chi connectivity index (χ1) is 9.60. The minimum atomic E-state index is -0.575. The highest BCUT2D eigenvalue weighted by molar-refractivity contribution is 5.51. The monoisotopic (exact) mass is 282 g/mol. The first-order valence-corrected chi connectivity index (χ1v) is 7.16. The summed E-state index contributed by atoms with van der Waals surface area (Å²) in [4.78, 5) is 4.17. The second kappa shape index (κ2) is 5.30. The minimum Gasteiger partial charge on any atom is -0.392 e. The summed E-state index contributed by atoms with van der Waals surface area (Å²) in [7, 11) is 2.10. The van der Waals surface area contributed by atoms with E-state index in [-0.39, 0.29) is 17.9 Å². The molecular weight excluding hydrogens is 262 g/mol. The van der Waals surface area contributed by atoms with Gasteiger partial charge < -0.3 is 10.0 Å². The van der Waals surface area contributed by atoms with Gasteiger partial charge in [-0.05, 0) is 44.0 Å². The molecule has 5 heteroatoms. The van der Waals surface area contributed by atoms with Gasteiger partial charge in [0.1, 0.15) is 17.3 Å². The first kappa shape index (κ1) is 13.8. The van der Waals surface area contributed by atoms with Gasteiger partial charge in [0.05, 0.1) is 6.61 Å². The van der Waals surface area contributed by atoms with Crippen molar-refractivity contribution in [3.63, 3.8) is 0 Å². The smallest absolute Gasteiger partial charge is 0.149 e. The summed E-state index contributed by atoms with van der Waals surface area (Å²) >= 11 is 0. The molecule has 0 spiro atoms. The van der Waals surface area contributed by atoms with E-state index in [0.717, 1.165) is 12.8 Å². The number of nitrogens with zero attached hydrogens (tertiary/aromatic N) is 2. The Morgan fingerprint density at radius 2 is 1.80 bits per heavy atom. The zero-order valence-corrected chi connectivity index (χ0v) is 11.6. The molecule has 110 valence electrons. The highest BCUT2D eigenvalue weighted by Gasteiger charge is 2.35. The van der Waals surface area contributed by atoms with Crippen LogP contribution in [0.15, 0.2) is 12.1 Å². The highest BCUT2D eigenvalue weighted by Crippen LogP contribution is 2.33. The number of rotatable bonds is 2. The fourth-order valence-corrected chi connectivity index (χ4v) is 3.52. The molecule has 3 nitrogen and oxygen atoms in total. The molecule has 20 heavy (non-hydrogen) atoms. The van der Waals surface area contributed by atoms with E-state index < -0.39 is 11.6 Å². The van der Waals surface area contributed by atoms with Crippen LogP contribution < -0.4 is 4.90 Å². The Morgan fingerprint density at radius 3 is 2.45 bits per heavy atom. The van der Waals surface area contributed by atoms with Gasteiger partial charge in [-0.15, -0.1) is 0 Å². The molecule has 2 aliphatic heterocycles. The number of hydrogen-bond acceptors (Lipinski definition) is 3. The lowest BCUT2D eigenvalue weighted by Gasteiger charge is -2.28. The molecule has 2 unspecified atom stereocenters. The van der Waals surface area contributed by atoms with E-state index in [9.17, 15) is 8.78 Å². The summed E-state index contributed by atoms with van der Waals surface area (Å²) in [6.45, 7) is 0.999. The maximum absolute atomic E-state index is 14.1. The second-order valence-corrected chi connectivity index (χ2v) is 5.85. The average Bonchev–Trinajstić information content (AvgIpc) is 2.65. The summed E-state index contributed by atoms with van der Waals surface area (Å²) in [6, 6.07) is 3.36. The molecule has 1 N–H and O–H groups in total. The van der Waals surface area contributed by atoms with Gasteiger partial charge in [-0.2, -0.15) is 0 Å². The zero-order chi connectivity index (χ0) is 14.3. The first-order valence-electron chi connectivity index (χ1n) is 7.16. The van der Waals surface area contributed by atoms with Gasteiger partial charge in [0, 0.05) is 25.2 Å². The number of fused-ring (bicyclic) bond motifs is 2. The van der Waals surface area contributed by atoms with Crippen molar-refractivity contribution in [2.75, 3.05) is 25.0 Å². The van der Waals surface area contributed by atoms with Gasteiger partial charge in [-0.3, -0.25) is 4.90 Å². The van der Waals surface area contributed by atoms with Crippen molar-refractivity contribution >= 4 is 5.69 Å². The summed E-state index contributed by atoms with van der Waals surface area (Å²) in [5.41, 5.74) is 0.334. The van der Waals surface area contributed by atoms with Gasteiger partial charge in [-0.25, -0.2) is 8.78 Å². The van der Waals surface area contributed by atoms with Crippen LogP contribution in [0.3, 0.4) is 0 Å². The van der Waals surface area contributed by atoms with E-state index in [0.29, 0.717) is 25.2 Å². The van der Waals surface area contributed by atoms with Gasteiger partial charge in [0.25, 0.3) is 0 Å². The van der Waals surface area contributed by atoms with Crippen LogP contribution in [0.25, 0.3) is 0 Å². The van der Waals surface area contributed by atoms with Crippen molar-refractivity contribution in [3.05, 3.63) is 29.3 Å². The number of aliphatic hydroxyl groups excluding tert-OH is 1. The summed E-state index contributed by atoms with van der Waals surface area (Å²) in [5.74, 6) is -1.15. The third-order valence-electron chi connectivity index (χ3n) is 4.72. The maximum atomic E-state index is 14.1. The number of hydrogen-bond donors (Lipinski definition) is 1. The molecule has 2 aliphatic rings. The molecule has 1 aromatic carbocycles. The van der Waals surface area contributed by atoms with Crippen LogP contribution in [0.1, 0.15) is 24.8 Å². The van der Waals surface area contributed by atoms with Gasteiger partial charge in [0.15, 0.2) is 0 Å². The van der Waals surface area contributed by atoms with Crippen molar-refractivity contribution in [1.82, 2.24) is 4.90 Å². The molecule has 1 aromatic rings. The molecule has 0 radical (unpaired) electrons. The van der Waals surface area contributed by atoms with Crippen molar-refractivity contribution < 1.29 is 13.9 Å². The number of benzene rings is 1. The van der Waals surface area contributed by atoms with E-state index in [1.165, 1.54) is 18.6 Å². The van der Waals surface area contributed by atoms with Crippen LogP contribution in [-0.2, 0) is 6.61 Å². The van der Waals surface area contributed by atoms with Gasteiger partial charge in [0.2, 0.25) is 0 Å². The van der Waals surface area contributed by atoms with E-state index in [4.69, 9.17) is 5.11 Å². The maximum Gasteiger partial charge on any atom is 0.149 e. The third-order valence-corrected chi connectivity index (χ3v) is 4.72. The van der Waals surface area contributed by atoms with E-state index in [1.54, 1.807) is 0 Å². The van der Waals surface area contributed by atoms with Gasteiger partial charge >= 0.3 is 0 Å². The summed E-state index contributed by atoms with van der Waals surface area (Å²) in [6.07, 6.45) is 3.21. The van der Waals surface area contributed by atoms with Crippen LogP contribution in [0, 0.1) is 11.6 Å². The lowest BCUT2D eigenvalue weighted by Crippen LogP contribution is -2.37. The SMILES string of the molecule is CN1C2CCC1CN(c1c(F)cc(CO)cc1F)CC2. The fraction of sp³-hybridized carbons (Fsp3) is 0.600. The Morgan fingerprint density at radius 1 is 1.15 bits per heavy atom. The number of likely N-dealkylation sites (N-methyl/N-ethyl adjacent to an activating group) is 1. The molecule has 2 atom stereocenters. The minimum absolute atomic E-state index is 0.0585. The van der Waals surface area contributed by atoms with E-state index >= 15 is 0 Å². The Labute approximate surface area is 117 Å². The highest BCUT2D eigenvalue weighted by atomic mass is 19.1. The standard InChI is InChI=1S/C15H20F2N2O/c1-18-11-2-3-12(18)8-19(5-4-11)15-13(16)6-10(9-20)7-14(15)17/h6-7,11-12,20H,2-5,8-9H2,1H3. The van der Waals surface area contributed by atoms with E-state index in [2.05, 4.69) is 11.9 Å². The van der Waals surface area contributed by atoms with Crippen LogP contribution >= 0.6 is 0 Å². The van der Waals surface area contributed by atoms with Crippen LogP contribution in [0.4, 0.5) is 14.5 Å². The number of aliphatic hydroxyl groups is 1. The molecule has 0 aliphatic carbocycles. The molecular formula is C15H20F2N2O. The Kier molecular flexibility index (Phi) is 3.65. The van der Waals surface area contributed by atoms with Crippen molar-refractivity contribution in [1.29, 1.82) is 0 Å². The lowest BCUT2D eigenvalue weighted by molar-refractivity contribution is 0.254. The Hall–Kier alpha value is -1.20. The normalized spacial score (nSPS) is 26.9. The number of halogens is 2. The van der Waals surface area contributed by atoms with Gasteiger partial charge in [-0.1, -0.05) is 0 Å². The zero-order valence-electron chi connectivity index (χ0n) is 11.6. The summed E-state index contributed by atoms with van der Waals surface area (Å²) in [5, 5.41) is 9.00. The molecule has 2 saturated heterocycles. The lowest BCUT2D eigenvalue weighted by atomic mass is 10.1. The van der Waals surface area contributed by atoms with Crippen molar-refractivity contribution in [2.24, 2.45) is 0 Å². The molecule has 0 saturated carbocycles. The van der Waals surface area contributed by atoms with Crippen LogP contribution in [0.5, 0.6) is 0 Å². The predicted molar refractivity (Wildman–Crippen MR) is 73.7 cm³/mol. The largest absolute Gasteiger partial charge is 0.392 e. The molecule has 3 rings (SSSR count). The summed E-state index contributed by atoms with van der Waals surface area (Å²) < 4.78 is 28.3. The van der Waals surface area contributed by atoms with Crippen molar-refractivity contribution in [2.45, 2.75) is 38.0 Å². The molecule has 0 aromatic heterocycles. The second-order valence-electron chi connectivity index (χ2n) is 5.85. The Bertz CT molecular complexity index is 486. The average molecular weight is 282 g/mol. The molecule has 2 bridgehead atoms. The Balaban J connectivity index is 1.90. The van der Waals surface area contributed by atoms with E-state index in [1.807, 2.05) is 4.90 Å².